The Morgan fingerprint density at radius 3 is 2.50 bits per heavy atom. The highest BCUT2D eigenvalue weighted by atomic mass is 19.4. The molecule has 148 valence electrons. The predicted molar refractivity (Wildman–Crippen MR) is 92.3 cm³/mol. The number of aliphatic hydroxyl groups is 1. The van der Waals surface area contributed by atoms with Crippen molar-refractivity contribution in [2.45, 2.75) is 18.3 Å². The molecule has 0 atom stereocenters. The monoisotopic (exact) mass is 395 g/mol. The molecule has 1 N–H and O–H groups in total. The van der Waals surface area contributed by atoms with Gasteiger partial charge in [-0.25, -0.2) is 9.78 Å². The Bertz CT molecular complexity index is 1080. The first-order valence-electron chi connectivity index (χ1n) is 8.37. The van der Waals surface area contributed by atoms with Crippen LogP contribution in [0.1, 0.15) is 5.69 Å². The van der Waals surface area contributed by atoms with Crippen LogP contribution in [0.3, 0.4) is 0 Å². The lowest BCUT2D eigenvalue weighted by Gasteiger charge is -2.36. The molecule has 28 heavy (non-hydrogen) atoms. The first-order chi connectivity index (χ1) is 13.2. The second-order valence-corrected chi connectivity index (χ2v) is 6.77. The number of hydrogen-bond donors (Lipinski definition) is 1. The Labute approximate surface area is 156 Å². The van der Waals surface area contributed by atoms with Gasteiger partial charge < -0.3 is 14.6 Å². The van der Waals surface area contributed by atoms with Gasteiger partial charge in [-0.15, -0.1) is 0 Å². The summed E-state index contributed by atoms with van der Waals surface area (Å²) in [6.45, 7) is 0.348. The summed E-state index contributed by atoms with van der Waals surface area (Å²) in [4.78, 5) is 15.9. The van der Waals surface area contributed by atoms with E-state index in [4.69, 9.17) is 9.47 Å². The fourth-order valence-corrected chi connectivity index (χ4v) is 3.07. The van der Waals surface area contributed by atoms with E-state index in [1.54, 1.807) is 25.2 Å². The van der Waals surface area contributed by atoms with Crippen molar-refractivity contribution in [2.24, 2.45) is 7.05 Å². The first-order valence-corrected chi connectivity index (χ1v) is 8.37. The lowest BCUT2D eigenvalue weighted by molar-refractivity contribution is -0.184. The van der Waals surface area contributed by atoms with Gasteiger partial charge >= 0.3 is 11.9 Å². The lowest BCUT2D eigenvalue weighted by atomic mass is 10.0. The van der Waals surface area contributed by atoms with E-state index >= 15 is 0 Å². The number of halogens is 3. The topological polar surface area (TPSA) is 78.5 Å². The predicted octanol–water partition coefficient (Wildman–Crippen LogP) is 2.31. The molecule has 0 aliphatic carbocycles. The van der Waals surface area contributed by atoms with Crippen molar-refractivity contribution in [3.8, 4) is 11.5 Å². The Kier molecular flexibility index (Phi) is 4.20. The van der Waals surface area contributed by atoms with Crippen molar-refractivity contribution >= 4 is 11.0 Å². The highest BCUT2D eigenvalue weighted by Crippen LogP contribution is 2.30. The number of benzene rings is 1. The molecule has 3 heterocycles. The van der Waals surface area contributed by atoms with Crippen molar-refractivity contribution in [1.82, 2.24) is 14.1 Å². The molecule has 7 nitrogen and oxygen atoms in total. The number of imidazole rings is 1. The van der Waals surface area contributed by atoms with Gasteiger partial charge in [-0.2, -0.15) is 13.2 Å². The van der Waals surface area contributed by atoms with E-state index in [9.17, 15) is 23.1 Å². The number of hydrogen-bond acceptors (Lipinski definition) is 5. The highest BCUT2D eigenvalue weighted by molar-refractivity contribution is 5.78. The van der Waals surface area contributed by atoms with Crippen molar-refractivity contribution in [3.63, 3.8) is 0 Å². The third-order valence-electron chi connectivity index (χ3n) is 4.57. The maximum Gasteiger partial charge on any atom is 0.433 e. The van der Waals surface area contributed by atoms with Gasteiger partial charge in [0.1, 0.15) is 22.8 Å². The van der Waals surface area contributed by atoms with Crippen LogP contribution in [0, 0.1) is 0 Å². The quantitative estimate of drug-likeness (QED) is 0.734. The second-order valence-electron chi connectivity index (χ2n) is 6.77. The Balaban J connectivity index is 1.66. The summed E-state index contributed by atoms with van der Waals surface area (Å²) in [7, 11) is 1.61. The number of aryl methyl sites for hydroxylation is 1. The number of fused-ring (bicyclic) bond motifs is 1. The smallest absolute Gasteiger partial charge is 0.433 e. The van der Waals surface area contributed by atoms with E-state index in [2.05, 4.69) is 4.98 Å². The zero-order chi connectivity index (χ0) is 20.1. The molecule has 1 aliphatic heterocycles. The van der Waals surface area contributed by atoms with E-state index < -0.39 is 17.5 Å². The first kappa shape index (κ1) is 18.5. The zero-order valence-electron chi connectivity index (χ0n) is 14.7. The number of nitrogens with zero attached hydrogens (tertiary/aromatic N) is 3. The zero-order valence-corrected chi connectivity index (χ0v) is 14.7. The minimum Gasteiger partial charge on any atom is -0.456 e. The van der Waals surface area contributed by atoms with Gasteiger partial charge in [0.25, 0.3) is 0 Å². The summed E-state index contributed by atoms with van der Waals surface area (Å²) in [6, 6.07) is 6.87. The number of ether oxygens (including phenoxy) is 2. The molecule has 1 saturated heterocycles. The van der Waals surface area contributed by atoms with Crippen LogP contribution < -0.4 is 10.4 Å². The normalized spacial score (nSPS) is 16.2. The molecule has 0 spiro atoms. The SMILES string of the molecule is Cn1c(=O)n(CC2(O)COC2)c2cc(Oc3ccc(C(F)(F)F)nc3)ccc21. The third-order valence-corrected chi connectivity index (χ3v) is 4.57. The summed E-state index contributed by atoms with van der Waals surface area (Å²) < 4.78 is 51.3. The van der Waals surface area contributed by atoms with E-state index in [1.165, 1.54) is 15.2 Å². The average Bonchev–Trinajstić information content (AvgIpc) is 2.84. The molecule has 0 radical (unpaired) electrons. The van der Waals surface area contributed by atoms with Crippen LogP contribution in [0.4, 0.5) is 13.2 Å². The molecule has 1 aromatic carbocycles. The third kappa shape index (κ3) is 3.25. The number of pyridine rings is 1. The second kappa shape index (κ2) is 6.35. The van der Waals surface area contributed by atoms with E-state index in [0.717, 1.165) is 12.3 Å². The molecular weight excluding hydrogens is 379 g/mol. The average molecular weight is 395 g/mol. The summed E-state index contributed by atoms with van der Waals surface area (Å²) >= 11 is 0. The van der Waals surface area contributed by atoms with E-state index in [0.29, 0.717) is 16.8 Å². The molecule has 4 rings (SSSR count). The molecule has 1 aliphatic rings. The minimum atomic E-state index is -4.52. The van der Waals surface area contributed by atoms with Gasteiger partial charge in [0, 0.05) is 13.1 Å². The van der Waals surface area contributed by atoms with Crippen molar-refractivity contribution in [3.05, 3.63) is 52.7 Å². The molecule has 2 aromatic heterocycles. The van der Waals surface area contributed by atoms with Gasteiger partial charge in [-0.05, 0) is 24.3 Å². The molecule has 0 saturated carbocycles. The number of alkyl halides is 3. The molecule has 10 heteroatoms. The van der Waals surface area contributed by atoms with Gasteiger partial charge in [0.05, 0.1) is 37.0 Å². The maximum atomic E-state index is 12.6. The van der Waals surface area contributed by atoms with Crippen molar-refractivity contribution in [2.75, 3.05) is 13.2 Å². The maximum absolute atomic E-state index is 12.6. The van der Waals surface area contributed by atoms with E-state index in [-0.39, 0.29) is 31.2 Å². The number of rotatable bonds is 4. The van der Waals surface area contributed by atoms with Crippen LogP contribution in [0.2, 0.25) is 0 Å². The standard InChI is InChI=1S/C18H16F3N3O4/c1-23-13-4-2-11(28-12-3-5-15(22-7-12)18(19,20)21)6-14(13)24(16(23)25)8-17(26)9-27-10-17/h2-7,26H,8-10H2,1H3. The van der Waals surface area contributed by atoms with Crippen LogP contribution in [0.15, 0.2) is 41.3 Å². The molecule has 3 aromatic rings. The Hall–Kier alpha value is -2.85. The largest absolute Gasteiger partial charge is 0.456 e. The molecule has 0 bridgehead atoms. The summed E-state index contributed by atoms with van der Waals surface area (Å²) in [6.07, 6.45) is -3.54. The number of aromatic nitrogens is 3. The van der Waals surface area contributed by atoms with Gasteiger partial charge in [0.15, 0.2) is 0 Å². The lowest BCUT2D eigenvalue weighted by Crippen LogP contribution is -2.53. The van der Waals surface area contributed by atoms with Crippen LogP contribution in [0.25, 0.3) is 11.0 Å². The summed E-state index contributed by atoms with van der Waals surface area (Å²) in [5.74, 6) is 0.452. The minimum absolute atomic E-state index is 0.0640. The van der Waals surface area contributed by atoms with Crippen LogP contribution >= 0.6 is 0 Å². The van der Waals surface area contributed by atoms with Crippen LogP contribution in [-0.2, 0) is 24.5 Å². The molecule has 1 fully saturated rings. The van der Waals surface area contributed by atoms with Crippen LogP contribution in [-0.4, -0.2) is 38.0 Å². The Morgan fingerprint density at radius 1 is 1.21 bits per heavy atom. The van der Waals surface area contributed by atoms with Gasteiger partial charge in [-0.3, -0.25) is 9.13 Å². The van der Waals surface area contributed by atoms with E-state index in [1.807, 2.05) is 0 Å². The molecule has 0 unspecified atom stereocenters. The summed E-state index contributed by atoms with van der Waals surface area (Å²) in [5.41, 5.74) is -1.25. The fraction of sp³-hybridized carbons (Fsp3) is 0.333. The molecule has 0 amide bonds. The van der Waals surface area contributed by atoms with Crippen molar-refractivity contribution < 1.29 is 27.8 Å². The summed E-state index contributed by atoms with van der Waals surface area (Å²) in [5, 5.41) is 10.3. The fourth-order valence-electron chi connectivity index (χ4n) is 3.07. The van der Waals surface area contributed by atoms with Gasteiger partial charge in [-0.1, -0.05) is 0 Å². The van der Waals surface area contributed by atoms with Crippen molar-refractivity contribution in [1.29, 1.82) is 0 Å². The Morgan fingerprint density at radius 2 is 1.93 bits per heavy atom. The highest BCUT2D eigenvalue weighted by Gasteiger charge is 2.37. The van der Waals surface area contributed by atoms with Crippen LogP contribution in [0.5, 0.6) is 11.5 Å². The van der Waals surface area contributed by atoms with Gasteiger partial charge in [0.2, 0.25) is 0 Å². The molecular formula is C18H16F3N3O4.